The first-order valence-electron chi connectivity index (χ1n) is 16.0. The number of hydrogen-bond donors (Lipinski definition) is 2. The van der Waals surface area contributed by atoms with Crippen molar-refractivity contribution < 1.29 is 14.3 Å². The highest BCUT2D eigenvalue weighted by Crippen LogP contribution is 2.46. The van der Waals surface area contributed by atoms with Gasteiger partial charge in [-0.15, -0.1) is 11.3 Å². The Balaban J connectivity index is 0.956. The number of allylic oxidation sites excluding steroid dienone is 2. The van der Waals surface area contributed by atoms with Gasteiger partial charge < -0.3 is 15.4 Å². The summed E-state index contributed by atoms with van der Waals surface area (Å²) in [6, 6.07) is 24.3. The van der Waals surface area contributed by atoms with Crippen molar-refractivity contribution in [3.63, 3.8) is 0 Å². The minimum absolute atomic E-state index is 0.307. The predicted octanol–water partition coefficient (Wildman–Crippen LogP) is 8.60. The van der Waals surface area contributed by atoms with Gasteiger partial charge in [0.15, 0.2) is 5.82 Å². The maximum atomic E-state index is 13.5. The molecule has 4 heterocycles. The topological polar surface area (TPSA) is 99.7 Å². The molecule has 5 aromatic rings. The number of hydrogen-bond acceptors (Lipinski definition) is 7. The smallest absolute Gasteiger partial charge is 0.332 e. The number of carbonyl (C=O) groups excluding carboxylic acids is 2. The molecule has 236 valence electrons. The fourth-order valence-corrected chi connectivity index (χ4v) is 7.82. The van der Waals surface area contributed by atoms with Gasteiger partial charge in [-0.3, -0.25) is 9.69 Å². The molecule has 1 atom stereocenters. The highest BCUT2D eigenvalue weighted by atomic mass is 32.1. The summed E-state index contributed by atoms with van der Waals surface area (Å²) in [5, 5.41) is 6.58. The Kier molecular flexibility index (Phi) is 7.46. The van der Waals surface area contributed by atoms with Crippen LogP contribution in [0.15, 0.2) is 97.3 Å². The predicted molar refractivity (Wildman–Crippen MR) is 186 cm³/mol. The lowest BCUT2D eigenvalue weighted by Gasteiger charge is -2.44. The molecular formula is C37H34N6O3S. The molecule has 2 aromatic heterocycles. The number of amides is 3. The molecule has 3 amide bonds. The van der Waals surface area contributed by atoms with Crippen LogP contribution >= 0.6 is 11.3 Å². The van der Waals surface area contributed by atoms with Crippen LogP contribution in [0.2, 0.25) is 0 Å². The maximum absolute atomic E-state index is 13.5. The van der Waals surface area contributed by atoms with Gasteiger partial charge in [0, 0.05) is 12.2 Å². The van der Waals surface area contributed by atoms with Crippen LogP contribution in [0.5, 0.6) is 11.5 Å². The van der Waals surface area contributed by atoms with Gasteiger partial charge in [0.25, 0.3) is 5.91 Å². The Morgan fingerprint density at radius 2 is 1.72 bits per heavy atom. The van der Waals surface area contributed by atoms with Gasteiger partial charge in [0.2, 0.25) is 0 Å². The highest BCUT2D eigenvalue weighted by molar-refractivity contribution is 7.21. The molecule has 10 heteroatoms. The summed E-state index contributed by atoms with van der Waals surface area (Å²) < 4.78 is 5.91. The average molecular weight is 643 g/mol. The van der Waals surface area contributed by atoms with Crippen molar-refractivity contribution in [2.24, 2.45) is 11.3 Å². The molecule has 47 heavy (non-hydrogen) atoms. The van der Waals surface area contributed by atoms with Crippen LogP contribution in [0.4, 0.5) is 27.7 Å². The lowest BCUT2D eigenvalue weighted by Crippen LogP contribution is -2.40. The van der Waals surface area contributed by atoms with E-state index in [-0.39, 0.29) is 5.91 Å². The van der Waals surface area contributed by atoms with E-state index in [1.807, 2.05) is 42.5 Å². The molecule has 0 spiro atoms. The monoisotopic (exact) mass is 642 g/mol. The van der Waals surface area contributed by atoms with Gasteiger partial charge in [0.05, 0.1) is 16.8 Å². The third-order valence-corrected chi connectivity index (χ3v) is 10.7. The number of benzene rings is 3. The highest BCUT2D eigenvalue weighted by Gasteiger charge is 2.37. The standard InChI is InChI=1S/C37H34N6O3S/c1-37(18-5-19-37)25-16-20-42(21-17-25)22-24-8-10-26(11-9-24)40-34(44)32-31-30-33(38-23-39-35(30)47-32)43(36(45)41-31)27-12-14-29(15-13-27)46-28-6-3-2-4-7-28/h2-15,18,23,25H,16-17,19-22H2,1H3,(H,40,44)(H,41,45). The summed E-state index contributed by atoms with van der Waals surface area (Å²) in [5.41, 5.74) is 3.36. The van der Waals surface area contributed by atoms with Crippen molar-refractivity contribution in [1.29, 1.82) is 0 Å². The number of likely N-dealkylation sites (tertiary alicyclic amines) is 1. The maximum Gasteiger partial charge on any atom is 0.332 e. The van der Waals surface area contributed by atoms with Crippen LogP contribution < -0.4 is 20.3 Å². The van der Waals surface area contributed by atoms with Crippen molar-refractivity contribution in [2.45, 2.75) is 32.7 Å². The van der Waals surface area contributed by atoms with E-state index in [1.165, 1.54) is 47.4 Å². The first kappa shape index (κ1) is 29.3. The first-order valence-corrected chi connectivity index (χ1v) is 16.8. The number of thiophene rings is 1. The Morgan fingerprint density at radius 3 is 2.43 bits per heavy atom. The molecule has 2 aliphatic heterocycles. The number of urea groups is 1. The number of aromatic nitrogens is 2. The second kappa shape index (κ2) is 11.9. The molecule has 9 nitrogen and oxygen atoms in total. The van der Waals surface area contributed by atoms with Gasteiger partial charge in [-0.25, -0.2) is 19.7 Å². The number of carbonyl (C=O) groups is 2. The minimum Gasteiger partial charge on any atom is -0.457 e. The normalized spacial score (nSPS) is 19.3. The molecule has 2 N–H and O–H groups in total. The number of nitrogens with zero attached hydrogens (tertiary/aromatic N) is 4. The first-order chi connectivity index (χ1) is 22.9. The molecule has 0 radical (unpaired) electrons. The number of anilines is 4. The SMILES string of the molecule is CC1(C2CCN(Cc3ccc(NC(=O)c4sc5ncnc6c5c4NC(=O)N6c4ccc(Oc5ccccc5)cc4)cc3)CC2)C=CC1. The van der Waals surface area contributed by atoms with E-state index in [2.05, 4.69) is 56.7 Å². The van der Waals surface area contributed by atoms with E-state index in [0.717, 1.165) is 31.3 Å². The third kappa shape index (κ3) is 5.64. The van der Waals surface area contributed by atoms with Gasteiger partial charge in [0.1, 0.15) is 27.5 Å². The van der Waals surface area contributed by atoms with E-state index >= 15 is 0 Å². The van der Waals surface area contributed by atoms with E-state index < -0.39 is 6.03 Å². The van der Waals surface area contributed by atoms with Crippen molar-refractivity contribution in [2.75, 3.05) is 28.6 Å². The molecule has 1 aliphatic carbocycles. The molecule has 1 saturated heterocycles. The molecule has 0 bridgehead atoms. The van der Waals surface area contributed by atoms with Gasteiger partial charge in [-0.2, -0.15) is 0 Å². The Labute approximate surface area is 276 Å². The molecule has 3 aliphatic rings. The fraction of sp³-hybridized carbons (Fsp3) is 0.243. The minimum atomic E-state index is -0.409. The van der Waals surface area contributed by atoms with Crippen LogP contribution in [0.25, 0.3) is 10.2 Å². The van der Waals surface area contributed by atoms with E-state index in [4.69, 9.17) is 4.74 Å². The largest absolute Gasteiger partial charge is 0.457 e. The summed E-state index contributed by atoms with van der Waals surface area (Å²) in [4.78, 5) is 40.9. The van der Waals surface area contributed by atoms with Gasteiger partial charge in [-0.1, -0.05) is 49.4 Å². The van der Waals surface area contributed by atoms with Crippen LogP contribution in [0, 0.1) is 11.3 Å². The molecule has 1 unspecified atom stereocenters. The van der Waals surface area contributed by atoms with Crippen LogP contribution in [0.1, 0.15) is 41.4 Å². The van der Waals surface area contributed by atoms with Crippen molar-refractivity contribution in [3.8, 4) is 11.5 Å². The Morgan fingerprint density at radius 1 is 1.00 bits per heavy atom. The summed E-state index contributed by atoms with van der Waals surface area (Å²) >= 11 is 1.23. The van der Waals surface area contributed by atoms with Gasteiger partial charge >= 0.3 is 6.03 Å². The number of piperidine rings is 1. The second-order valence-electron chi connectivity index (χ2n) is 12.7. The van der Waals surface area contributed by atoms with E-state index in [9.17, 15) is 9.59 Å². The van der Waals surface area contributed by atoms with Crippen molar-refractivity contribution in [3.05, 3.63) is 108 Å². The molecule has 0 saturated carbocycles. The zero-order valence-electron chi connectivity index (χ0n) is 26.0. The van der Waals surface area contributed by atoms with Crippen LogP contribution in [0.3, 0.4) is 0 Å². The number of nitrogens with one attached hydrogen (secondary N) is 2. The zero-order chi connectivity index (χ0) is 32.0. The zero-order valence-corrected chi connectivity index (χ0v) is 26.8. The Hall–Kier alpha value is -5.06. The third-order valence-electron chi connectivity index (χ3n) is 9.59. The molecule has 3 aromatic carbocycles. The summed E-state index contributed by atoms with van der Waals surface area (Å²) in [6.07, 6.45) is 9.80. The molecule has 1 fully saturated rings. The fourth-order valence-electron chi connectivity index (χ4n) is 6.84. The number of ether oxygens (including phenoxy) is 1. The van der Waals surface area contributed by atoms with E-state index in [0.29, 0.717) is 49.1 Å². The second-order valence-corrected chi connectivity index (χ2v) is 13.7. The number of para-hydroxylation sites is 1. The van der Waals surface area contributed by atoms with Crippen molar-refractivity contribution >= 4 is 56.4 Å². The summed E-state index contributed by atoms with van der Waals surface area (Å²) in [5.74, 6) is 2.26. The lowest BCUT2D eigenvalue weighted by molar-refractivity contribution is 0.103. The molecular weight excluding hydrogens is 609 g/mol. The van der Waals surface area contributed by atoms with Gasteiger partial charge in [-0.05, 0) is 97.8 Å². The number of rotatable bonds is 8. The van der Waals surface area contributed by atoms with Crippen molar-refractivity contribution in [1.82, 2.24) is 14.9 Å². The Bertz CT molecular complexity index is 1990. The summed E-state index contributed by atoms with van der Waals surface area (Å²) in [6.45, 7) is 5.53. The van der Waals surface area contributed by atoms with Crippen LogP contribution in [-0.2, 0) is 6.54 Å². The quantitative estimate of drug-likeness (QED) is 0.165. The average Bonchev–Trinajstić information content (AvgIpc) is 3.45. The summed E-state index contributed by atoms with van der Waals surface area (Å²) in [7, 11) is 0. The lowest BCUT2D eigenvalue weighted by atomic mass is 9.65. The van der Waals surface area contributed by atoms with Crippen LogP contribution in [-0.4, -0.2) is 39.9 Å². The van der Waals surface area contributed by atoms with E-state index in [1.54, 1.807) is 24.3 Å². The molecule has 8 rings (SSSR count).